The topological polar surface area (TPSA) is 23.9 Å². The summed E-state index contributed by atoms with van der Waals surface area (Å²) < 4.78 is 1.16. The van der Waals surface area contributed by atoms with Crippen molar-refractivity contribution in [2.75, 3.05) is 0 Å². The van der Waals surface area contributed by atoms with Crippen LogP contribution < -0.4 is 0 Å². The van der Waals surface area contributed by atoms with Crippen molar-refractivity contribution in [3.05, 3.63) is 9.66 Å². The molecule has 0 aliphatic rings. The van der Waals surface area contributed by atoms with Gasteiger partial charge in [0.15, 0.2) is 0 Å². The fourth-order valence-corrected chi connectivity index (χ4v) is 0.765. The molecule has 1 N–H and O–H groups in total. The van der Waals surface area contributed by atoms with Gasteiger partial charge in [0.05, 0.1) is 0 Å². The summed E-state index contributed by atoms with van der Waals surface area (Å²) in [5.74, 6) is 0. The highest BCUT2D eigenvalue weighted by atomic mass is 127. The van der Waals surface area contributed by atoms with E-state index in [1.54, 1.807) is 6.92 Å². The Morgan fingerprint density at radius 2 is 2.00 bits per heavy atom. The van der Waals surface area contributed by atoms with E-state index in [0.29, 0.717) is 5.71 Å². The van der Waals surface area contributed by atoms with Crippen molar-refractivity contribution >= 4 is 28.3 Å². The van der Waals surface area contributed by atoms with E-state index < -0.39 is 0 Å². The lowest BCUT2D eigenvalue weighted by molar-refractivity contribution is 1.49. The molecule has 1 nitrogen and oxygen atoms in total. The summed E-state index contributed by atoms with van der Waals surface area (Å²) in [6.07, 6.45) is 1.82. The smallest absolute Gasteiger partial charge is 0.0290 e. The van der Waals surface area contributed by atoms with Gasteiger partial charge in [0, 0.05) is 5.71 Å². The van der Waals surface area contributed by atoms with Crippen molar-refractivity contribution in [2.45, 2.75) is 13.8 Å². The highest BCUT2D eigenvalue weighted by Gasteiger charge is 1.77. The van der Waals surface area contributed by atoms with Crippen LogP contribution in [-0.4, -0.2) is 5.71 Å². The maximum atomic E-state index is 6.94. The standard InChI is InChI=1S/C5H8IN/c1-4(6)3-5(2)7/h3,7H,1-2H3/b4-3+,7-5?. The van der Waals surface area contributed by atoms with Gasteiger partial charge in [-0.2, -0.15) is 0 Å². The quantitative estimate of drug-likeness (QED) is 0.506. The first-order valence-electron chi connectivity index (χ1n) is 2.02. The van der Waals surface area contributed by atoms with Crippen molar-refractivity contribution in [3.8, 4) is 0 Å². The Bertz CT molecular complexity index is 101. The van der Waals surface area contributed by atoms with Gasteiger partial charge >= 0.3 is 0 Å². The van der Waals surface area contributed by atoms with Crippen molar-refractivity contribution in [2.24, 2.45) is 0 Å². The minimum Gasteiger partial charge on any atom is -0.306 e. The second-order valence-electron chi connectivity index (χ2n) is 1.41. The Morgan fingerprint density at radius 3 is 2.00 bits per heavy atom. The summed E-state index contributed by atoms with van der Waals surface area (Å²) in [7, 11) is 0. The Hall–Kier alpha value is 0.140. The van der Waals surface area contributed by atoms with Crippen molar-refractivity contribution in [1.29, 1.82) is 5.41 Å². The zero-order valence-corrected chi connectivity index (χ0v) is 6.61. The molecular formula is C5H8IN. The Kier molecular flexibility index (Phi) is 3.25. The Labute approximate surface area is 57.5 Å². The fourth-order valence-electron chi connectivity index (χ4n) is 0.298. The van der Waals surface area contributed by atoms with Crippen LogP contribution in [0.15, 0.2) is 9.66 Å². The van der Waals surface area contributed by atoms with Crippen molar-refractivity contribution in [1.82, 2.24) is 0 Å². The molecule has 0 unspecified atom stereocenters. The molecule has 0 spiro atoms. The lowest BCUT2D eigenvalue weighted by atomic mass is 10.4. The molecule has 2 heteroatoms. The molecule has 0 aromatic heterocycles. The van der Waals surface area contributed by atoms with Crippen LogP contribution in [0.3, 0.4) is 0 Å². The number of nitrogens with one attached hydrogen (secondary N) is 1. The van der Waals surface area contributed by atoms with E-state index in [0.717, 1.165) is 3.58 Å². The van der Waals surface area contributed by atoms with E-state index in [1.165, 1.54) is 0 Å². The van der Waals surface area contributed by atoms with Gasteiger partial charge in [-0.3, -0.25) is 0 Å². The van der Waals surface area contributed by atoms with Gasteiger partial charge in [-0.25, -0.2) is 0 Å². The molecule has 0 radical (unpaired) electrons. The highest BCUT2D eigenvalue weighted by Crippen LogP contribution is 2.01. The predicted molar refractivity (Wildman–Crippen MR) is 41.2 cm³/mol. The molecule has 0 heterocycles. The van der Waals surface area contributed by atoms with Gasteiger partial charge in [-0.15, -0.1) is 0 Å². The van der Waals surface area contributed by atoms with E-state index in [1.807, 2.05) is 13.0 Å². The molecule has 0 atom stereocenters. The molecule has 0 fully saturated rings. The summed E-state index contributed by atoms with van der Waals surface area (Å²) in [5, 5.41) is 6.94. The first-order chi connectivity index (χ1) is 3.13. The van der Waals surface area contributed by atoms with E-state index >= 15 is 0 Å². The third kappa shape index (κ3) is 6.14. The van der Waals surface area contributed by atoms with E-state index in [9.17, 15) is 0 Å². The van der Waals surface area contributed by atoms with Crippen LogP contribution in [0.4, 0.5) is 0 Å². The SMILES string of the molecule is CC(=N)/C=C(\C)I. The lowest BCUT2D eigenvalue weighted by Gasteiger charge is -1.81. The van der Waals surface area contributed by atoms with Crippen LogP contribution >= 0.6 is 22.6 Å². The van der Waals surface area contributed by atoms with Gasteiger partial charge < -0.3 is 5.41 Å². The molecule has 0 aliphatic carbocycles. The van der Waals surface area contributed by atoms with Gasteiger partial charge in [0.25, 0.3) is 0 Å². The fraction of sp³-hybridized carbons (Fsp3) is 0.400. The number of hydrogen-bond acceptors (Lipinski definition) is 1. The van der Waals surface area contributed by atoms with E-state index in [4.69, 9.17) is 5.41 Å². The number of halogens is 1. The van der Waals surface area contributed by atoms with Gasteiger partial charge in [-0.05, 0) is 46.1 Å². The maximum absolute atomic E-state index is 6.94. The summed E-state index contributed by atoms with van der Waals surface area (Å²) in [6, 6.07) is 0. The molecule has 0 saturated carbocycles. The average molecular weight is 209 g/mol. The van der Waals surface area contributed by atoms with Crippen LogP contribution in [0.1, 0.15) is 13.8 Å². The zero-order valence-electron chi connectivity index (χ0n) is 4.46. The average Bonchev–Trinajstić information content (AvgIpc) is 1.27. The normalized spacial score (nSPS) is 11.6. The van der Waals surface area contributed by atoms with Gasteiger partial charge in [0.1, 0.15) is 0 Å². The monoisotopic (exact) mass is 209 g/mol. The summed E-state index contributed by atoms with van der Waals surface area (Å²) in [5.41, 5.74) is 0.618. The van der Waals surface area contributed by atoms with E-state index in [2.05, 4.69) is 22.6 Å². The molecule has 0 aromatic carbocycles. The van der Waals surface area contributed by atoms with Crippen molar-refractivity contribution < 1.29 is 0 Å². The molecule has 0 bridgehead atoms. The van der Waals surface area contributed by atoms with Crippen LogP contribution in [-0.2, 0) is 0 Å². The van der Waals surface area contributed by atoms with Gasteiger partial charge in [0.2, 0.25) is 0 Å². The van der Waals surface area contributed by atoms with Crippen LogP contribution in [0.2, 0.25) is 0 Å². The molecule has 0 rings (SSSR count). The second-order valence-corrected chi connectivity index (χ2v) is 3.12. The first kappa shape index (κ1) is 7.14. The summed E-state index contributed by atoms with van der Waals surface area (Å²) in [6.45, 7) is 3.74. The molecule has 40 valence electrons. The third-order valence-corrected chi connectivity index (χ3v) is 0.727. The first-order valence-corrected chi connectivity index (χ1v) is 3.10. The summed E-state index contributed by atoms with van der Waals surface area (Å²) in [4.78, 5) is 0. The second kappa shape index (κ2) is 3.18. The number of rotatable bonds is 1. The van der Waals surface area contributed by atoms with Gasteiger partial charge in [-0.1, -0.05) is 0 Å². The van der Waals surface area contributed by atoms with Crippen LogP contribution in [0.5, 0.6) is 0 Å². The number of allylic oxidation sites excluding steroid dienone is 2. The molecule has 0 saturated heterocycles. The molecular weight excluding hydrogens is 201 g/mol. The molecule has 0 amide bonds. The van der Waals surface area contributed by atoms with E-state index in [-0.39, 0.29) is 0 Å². The van der Waals surface area contributed by atoms with Crippen LogP contribution in [0, 0.1) is 5.41 Å². The molecule has 7 heavy (non-hydrogen) atoms. The highest BCUT2D eigenvalue weighted by molar-refractivity contribution is 14.1. The maximum Gasteiger partial charge on any atom is 0.0290 e. The minimum absolute atomic E-state index is 0.618. The largest absolute Gasteiger partial charge is 0.306 e. The summed E-state index contributed by atoms with van der Waals surface area (Å²) >= 11 is 2.18. The van der Waals surface area contributed by atoms with Crippen molar-refractivity contribution in [3.63, 3.8) is 0 Å². The predicted octanol–water partition coefficient (Wildman–Crippen LogP) is 2.36. The third-order valence-electron chi connectivity index (χ3n) is 0.415. The molecule has 0 aliphatic heterocycles. The number of hydrogen-bond donors (Lipinski definition) is 1. The van der Waals surface area contributed by atoms with Crippen LogP contribution in [0.25, 0.3) is 0 Å². The zero-order chi connectivity index (χ0) is 5.86. The Morgan fingerprint density at radius 1 is 1.57 bits per heavy atom. The lowest BCUT2D eigenvalue weighted by Crippen LogP contribution is -1.77. The molecule has 0 aromatic rings. The minimum atomic E-state index is 0.618. The Balaban J connectivity index is 3.68.